The number of hydrogen-bond donors (Lipinski definition) is 1. The highest BCUT2D eigenvalue weighted by molar-refractivity contribution is 7.14. The van der Waals surface area contributed by atoms with Gasteiger partial charge in [0.05, 0.1) is 23.4 Å². The summed E-state index contributed by atoms with van der Waals surface area (Å²) < 4.78 is 5.27. The lowest BCUT2D eigenvalue weighted by Crippen LogP contribution is -1.99. The van der Waals surface area contributed by atoms with E-state index in [9.17, 15) is 10.1 Å². The van der Waals surface area contributed by atoms with Gasteiger partial charge in [-0.25, -0.2) is 4.98 Å². The van der Waals surface area contributed by atoms with E-state index >= 15 is 0 Å². The van der Waals surface area contributed by atoms with Crippen LogP contribution < -0.4 is 10.2 Å². The number of aryl methyl sites for hydroxylation is 1. The summed E-state index contributed by atoms with van der Waals surface area (Å²) in [4.78, 5) is 15.2. The van der Waals surface area contributed by atoms with Crippen LogP contribution in [-0.2, 0) is 0 Å². The Morgan fingerprint density at radius 2 is 2.07 bits per heavy atom. The zero-order valence-electron chi connectivity index (χ0n) is 14.9. The minimum atomic E-state index is -0.468. The summed E-state index contributed by atoms with van der Waals surface area (Å²) in [6.07, 6.45) is 1.51. The number of anilines is 1. The highest BCUT2D eigenvalue weighted by Crippen LogP contribution is 2.28. The van der Waals surface area contributed by atoms with Crippen molar-refractivity contribution in [3.05, 3.63) is 69.1 Å². The number of ether oxygens (including phenoxy) is 1. The predicted octanol–water partition coefficient (Wildman–Crippen LogP) is 4.87. The molecule has 0 fully saturated rings. The monoisotopic (exact) mass is 382 g/mol. The molecule has 0 atom stereocenters. The Morgan fingerprint density at radius 1 is 1.30 bits per heavy atom. The molecule has 27 heavy (non-hydrogen) atoms. The summed E-state index contributed by atoms with van der Waals surface area (Å²) in [6, 6.07) is 12.8. The lowest BCUT2D eigenvalue weighted by Gasteiger charge is -2.04. The molecule has 1 N–H and O–H groups in total. The van der Waals surface area contributed by atoms with E-state index < -0.39 is 4.92 Å². The average Bonchev–Trinajstić information content (AvgIpc) is 3.12. The number of nitrogens with zero attached hydrogens (tertiary/aromatic N) is 3. The van der Waals surface area contributed by atoms with E-state index in [1.165, 1.54) is 29.2 Å². The Hall–Kier alpha value is -3.26. The zero-order valence-corrected chi connectivity index (χ0v) is 15.7. The van der Waals surface area contributed by atoms with Crippen LogP contribution in [0.3, 0.4) is 0 Å². The molecule has 0 spiro atoms. The molecule has 0 aliphatic heterocycles. The number of hydrogen-bond acceptors (Lipinski definition) is 7. The summed E-state index contributed by atoms with van der Waals surface area (Å²) in [5.41, 5.74) is 6.47. The molecule has 138 valence electrons. The predicted molar refractivity (Wildman–Crippen MR) is 108 cm³/mol. The molecule has 0 amide bonds. The highest BCUT2D eigenvalue weighted by atomic mass is 32.1. The molecule has 0 radical (unpaired) electrons. The fraction of sp³-hybridized carbons (Fsp3) is 0.158. The topological polar surface area (TPSA) is 89.7 Å². The largest absolute Gasteiger partial charge is 0.487 e. The number of nitro benzene ring substituents is 1. The number of thiazole rings is 1. The van der Waals surface area contributed by atoms with Gasteiger partial charge in [-0.2, -0.15) is 5.10 Å². The van der Waals surface area contributed by atoms with Crippen molar-refractivity contribution in [2.75, 3.05) is 12.0 Å². The van der Waals surface area contributed by atoms with Gasteiger partial charge in [0.15, 0.2) is 5.75 Å². The van der Waals surface area contributed by atoms with Gasteiger partial charge in [-0.15, -0.1) is 11.3 Å². The third kappa shape index (κ3) is 4.68. The van der Waals surface area contributed by atoms with Crippen molar-refractivity contribution in [2.24, 2.45) is 5.10 Å². The molecule has 7 nitrogen and oxygen atoms in total. The van der Waals surface area contributed by atoms with E-state index in [0.717, 1.165) is 11.3 Å². The first-order valence-electron chi connectivity index (χ1n) is 8.29. The van der Waals surface area contributed by atoms with Crippen LogP contribution in [0.1, 0.15) is 18.1 Å². The molecule has 0 saturated heterocycles. The summed E-state index contributed by atoms with van der Waals surface area (Å²) in [6.45, 7) is 4.18. The maximum atomic E-state index is 11.2. The molecular weight excluding hydrogens is 364 g/mol. The number of nitrogens with one attached hydrogen (secondary N) is 1. The Morgan fingerprint density at radius 3 is 2.78 bits per heavy atom. The molecule has 3 rings (SSSR count). The number of aromatic nitrogens is 1. The highest BCUT2D eigenvalue weighted by Gasteiger charge is 2.15. The normalized spacial score (nSPS) is 10.9. The van der Waals surface area contributed by atoms with Crippen molar-refractivity contribution in [2.45, 2.75) is 13.8 Å². The molecule has 0 unspecified atom stereocenters. The van der Waals surface area contributed by atoms with Crippen LogP contribution in [0, 0.1) is 17.0 Å². The minimum absolute atomic E-state index is 0.0864. The second kappa shape index (κ2) is 8.41. The van der Waals surface area contributed by atoms with Crippen molar-refractivity contribution in [3.63, 3.8) is 0 Å². The Kier molecular flexibility index (Phi) is 5.77. The van der Waals surface area contributed by atoms with Gasteiger partial charge in [0.25, 0.3) is 0 Å². The summed E-state index contributed by atoms with van der Waals surface area (Å²) in [7, 11) is 0. The first kappa shape index (κ1) is 18.5. The van der Waals surface area contributed by atoms with Crippen LogP contribution in [-0.4, -0.2) is 22.7 Å². The molecule has 3 aromatic rings. The van der Waals surface area contributed by atoms with Crippen molar-refractivity contribution in [1.82, 2.24) is 4.98 Å². The maximum absolute atomic E-state index is 11.2. The molecule has 0 aliphatic carbocycles. The SMILES string of the molecule is CCOc1ccc(/C=N\Nc2nc(-c3ccc(C)cc3)cs2)cc1[N+](=O)[O-]. The number of rotatable bonds is 7. The third-order valence-corrected chi connectivity index (χ3v) is 4.45. The van der Waals surface area contributed by atoms with Crippen molar-refractivity contribution in [1.29, 1.82) is 0 Å². The molecule has 8 heteroatoms. The van der Waals surface area contributed by atoms with Gasteiger partial charge in [0, 0.05) is 22.6 Å². The van der Waals surface area contributed by atoms with Gasteiger partial charge < -0.3 is 4.74 Å². The lowest BCUT2D eigenvalue weighted by molar-refractivity contribution is -0.385. The van der Waals surface area contributed by atoms with Crippen LogP contribution in [0.4, 0.5) is 10.8 Å². The van der Waals surface area contributed by atoms with Crippen LogP contribution in [0.5, 0.6) is 5.75 Å². The summed E-state index contributed by atoms with van der Waals surface area (Å²) in [5, 5.41) is 17.9. The van der Waals surface area contributed by atoms with E-state index in [2.05, 4.69) is 15.5 Å². The molecule has 2 aromatic carbocycles. The quantitative estimate of drug-likeness (QED) is 0.358. The molecular formula is C19H18N4O3S. The van der Waals surface area contributed by atoms with Crippen LogP contribution in [0.25, 0.3) is 11.3 Å². The van der Waals surface area contributed by atoms with Gasteiger partial charge >= 0.3 is 5.69 Å². The van der Waals surface area contributed by atoms with Crippen molar-refractivity contribution in [3.8, 4) is 17.0 Å². The van der Waals surface area contributed by atoms with E-state index in [1.54, 1.807) is 19.1 Å². The van der Waals surface area contributed by atoms with Crippen molar-refractivity contribution < 1.29 is 9.66 Å². The van der Waals surface area contributed by atoms with Gasteiger partial charge in [0.2, 0.25) is 5.13 Å². The second-order valence-electron chi connectivity index (χ2n) is 5.69. The smallest absolute Gasteiger partial charge is 0.311 e. The van der Waals surface area contributed by atoms with Crippen LogP contribution >= 0.6 is 11.3 Å². The summed E-state index contributed by atoms with van der Waals surface area (Å²) in [5.74, 6) is 0.246. The maximum Gasteiger partial charge on any atom is 0.311 e. The molecule has 0 aliphatic rings. The molecule has 0 saturated carbocycles. The Labute approximate surface area is 160 Å². The number of hydrazone groups is 1. The van der Waals surface area contributed by atoms with E-state index in [-0.39, 0.29) is 11.4 Å². The third-order valence-electron chi connectivity index (χ3n) is 3.70. The van der Waals surface area contributed by atoms with Crippen molar-refractivity contribution >= 4 is 28.4 Å². The van der Waals surface area contributed by atoms with E-state index in [4.69, 9.17) is 4.74 Å². The zero-order chi connectivity index (χ0) is 19.2. The second-order valence-corrected chi connectivity index (χ2v) is 6.55. The molecule has 1 aromatic heterocycles. The fourth-order valence-corrected chi connectivity index (χ4v) is 3.05. The Bertz CT molecular complexity index is 967. The standard InChI is InChI=1S/C19H18N4O3S/c1-3-26-18-9-6-14(10-17(18)23(24)25)11-20-22-19-21-16(12-27-19)15-7-4-13(2)5-8-15/h4-12H,3H2,1-2H3,(H,21,22)/b20-11-. The van der Waals surface area contributed by atoms with E-state index in [0.29, 0.717) is 17.3 Å². The number of benzene rings is 2. The lowest BCUT2D eigenvalue weighted by atomic mass is 10.1. The van der Waals surface area contributed by atoms with Crippen LogP contribution in [0.2, 0.25) is 0 Å². The van der Waals surface area contributed by atoms with Gasteiger partial charge in [0.1, 0.15) is 0 Å². The van der Waals surface area contributed by atoms with Gasteiger partial charge in [-0.3, -0.25) is 15.5 Å². The molecule has 1 heterocycles. The molecule has 0 bridgehead atoms. The fourth-order valence-electron chi connectivity index (χ4n) is 2.38. The first-order valence-corrected chi connectivity index (χ1v) is 9.17. The van der Waals surface area contributed by atoms with E-state index in [1.807, 2.05) is 36.6 Å². The van der Waals surface area contributed by atoms with Gasteiger partial charge in [-0.05, 0) is 26.0 Å². The minimum Gasteiger partial charge on any atom is -0.487 e. The average molecular weight is 382 g/mol. The Balaban J connectivity index is 1.70. The first-order chi connectivity index (χ1) is 13.1. The number of nitro groups is 1. The summed E-state index contributed by atoms with van der Waals surface area (Å²) >= 11 is 1.44. The van der Waals surface area contributed by atoms with Gasteiger partial charge in [-0.1, -0.05) is 29.8 Å². The van der Waals surface area contributed by atoms with Crippen LogP contribution in [0.15, 0.2) is 52.9 Å².